The Kier molecular flexibility index (Phi) is 5.77. The van der Waals surface area contributed by atoms with E-state index in [1.807, 2.05) is 23.1 Å². The Bertz CT molecular complexity index is 618. The molecular formula is C21H30N2O2. The summed E-state index contributed by atoms with van der Waals surface area (Å²) in [6.07, 6.45) is 5.31. The van der Waals surface area contributed by atoms with Crippen molar-refractivity contribution >= 4 is 17.5 Å². The zero-order chi connectivity index (χ0) is 17.8. The Balaban J connectivity index is 1.49. The molecule has 0 radical (unpaired) electrons. The molecular weight excluding hydrogens is 312 g/mol. The third-order valence-corrected chi connectivity index (χ3v) is 5.62. The van der Waals surface area contributed by atoms with Crippen LogP contribution in [0.4, 0.5) is 5.69 Å². The van der Waals surface area contributed by atoms with Crippen LogP contribution in [0.1, 0.15) is 51.5 Å². The highest BCUT2D eigenvalue weighted by atomic mass is 16.2. The number of nitrogens with one attached hydrogen (secondary N) is 1. The fourth-order valence-electron chi connectivity index (χ4n) is 4.02. The molecule has 2 aliphatic rings. The highest BCUT2D eigenvalue weighted by Gasteiger charge is 2.34. The van der Waals surface area contributed by atoms with E-state index in [0.29, 0.717) is 5.92 Å². The Hall–Kier alpha value is -1.84. The van der Waals surface area contributed by atoms with Crippen molar-refractivity contribution in [2.24, 2.45) is 17.8 Å². The summed E-state index contributed by atoms with van der Waals surface area (Å²) >= 11 is 0. The predicted molar refractivity (Wildman–Crippen MR) is 100 cm³/mol. The summed E-state index contributed by atoms with van der Waals surface area (Å²) in [7, 11) is 0. The molecule has 0 unspecified atom stereocenters. The molecule has 0 atom stereocenters. The van der Waals surface area contributed by atoms with Crippen molar-refractivity contribution in [3.05, 3.63) is 29.8 Å². The SMILES string of the molecule is CC(C)CCNC(=O)C1CCC(C(=O)N2CCc3ccccc32)CC1. The maximum absolute atomic E-state index is 12.9. The number of hydrogen-bond acceptors (Lipinski definition) is 2. The number of amides is 2. The molecule has 1 saturated carbocycles. The highest BCUT2D eigenvalue weighted by molar-refractivity contribution is 5.97. The van der Waals surface area contributed by atoms with Gasteiger partial charge in [-0.1, -0.05) is 32.0 Å². The van der Waals surface area contributed by atoms with Gasteiger partial charge in [-0.3, -0.25) is 9.59 Å². The van der Waals surface area contributed by atoms with Crippen LogP contribution in [0.3, 0.4) is 0 Å². The number of anilines is 1. The van der Waals surface area contributed by atoms with Crippen LogP contribution in [0.2, 0.25) is 0 Å². The second-order valence-electron chi connectivity index (χ2n) is 7.89. The fourth-order valence-corrected chi connectivity index (χ4v) is 4.02. The van der Waals surface area contributed by atoms with E-state index in [9.17, 15) is 9.59 Å². The normalized spacial score (nSPS) is 22.8. The summed E-state index contributed by atoms with van der Waals surface area (Å²) in [5, 5.41) is 3.06. The second-order valence-corrected chi connectivity index (χ2v) is 7.89. The summed E-state index contributed by atoms with van der Waals surface area (Å²) in [5.74, 6) is 1.20. The van der Waals surface area contributed by atoms with Gasteiger partial charge in [-0.2, -0.15) is 0 Å². The monoisotopic (exact) mass is 342 g/mol. The average molecular weight is 342 g/mol. The molecule has 3 rings (SSSR count). The van der Waals surface area contributed by atoms with Crippen molar-refractivity contribution in [2.45, 2.75) is 52.4 Å². The minimum atomic E-state index is 0.0749. The van der Waals surface area contributed by atoms with E-state index in [1.165, 1.54) is 5.56 Å². The Morgan fingerprint density at radius 3 is 2.52 bits per heavy atom. The minimum absolute atomic E-state index is 0.0749. The predicted octanol–water partition coefficient (Wildman–Crippen LogP) is 3.54. The van der Waals surface area contributed by atoms with Crippen molar-refractivity contribution in [2.75, 3.05) is 18.0 Å². The largest absolute Gasteiger partial charge is 0.356 e. The number of carbonyl (C=O) groups excluding carboxylic acids is 2. The maximum atomic E-state index is 12.9. The van der Waals surface area contributed by atoms with E-state index >= 15 is 0 Å². The molecule has 1 aliphatic heterocycles. The van der Waals surface area contributed by atoms with E-state index < -0.39 is 0 Å². The third-order valence-electron chi connectivity index (χ3n) is 5.62. The summed E-state index contributed by atoms with van der Waals surface area (Å²) < 4.78 is 0. The molecule has 0 bridgehead atoms. The Morgan fingerprint density at radius 2 is 1.80 bits per heavy atom. The molecule has 1 N–H and O–H groups in total. The summed E-state index contributed by atoms with van der Waals surface area (Å²) in [4.78, 5) is 27.1. The van der Waals surface area contributed by atoms with Gasteiger partial charge < -0.3 is 10.2 Å². The number of nitrogens with zero attached hydrogens (tertiary/aromatic N) is 1. The molecule has 0 spiro atoms. The standard InChI is InChI=1S/C21H30N2O2/c1-15(2)11-13-22-20(24)17-7-9-18(10-8-17)21(25)23-14-12-16-5-3-4-6-19(16)23/h3-6,15,17-18H,7-14H2,1-2H3,(H,22,24). The van der Waals surface area contributed by atoms with Gasteiger partial charge in [-0.15, -0.1) is 0 Å². The highest BCUT2D eigenvalue weighted by Crippen LogP contribution is 2.34. The fraction of sp³-hybridized carbons (Fsp3) is 0.619. The molecule has 1 fully saturated rings. The van der Waals surface area contributed by atoms with Crippen LogP contribution in [-0.2, 0) is 16.0 Å². The average Bonchev–Trinajstić information content (AvgIpc) is 3.05. The lowest BCUT2D eigenvalue weighted by molar-refractivity contribution is -0.129. The van der Waals surface area contributed by atoms with Gasteiger partial charge >= 0.3 is 0 Å². The number of fused-ring (bicyclic) bond motifs is 1. The quantitative estimate of drug-likeness (QED) is 0.890. The van der Waals surface area contributed by atoms with Crippen LogP contribution in [0.15, 0.2) is 24.3 Å². The Labute approximate surface area is 151 Å². The number of para-hydroxylation sites is 1. The summed E-state index contributed by atoms with van der Waals surface area (Å²) in [6.45, 7) is 5.90. The maximum Gasteiger partial charge on any atom is 0.230 e. The van der Waals surface area contributed by atoms with Gasteiger partial charge in [-0.25, -0.2) is 0 Å². The van der Waals surface area contributed by atoms with E-state index in [2.05, 4.69) is 25.2 Å². The number of benzene rings is 1. The third kappa shape index (κ3) is 4.23. The molecule has 0 aromatic heterocycles. The lowest BCUT2D eigenvalue weighted by Gasteiger charge is -2.30. The van der Waals surface area contributed by atoms with Gasteiger partial charge in [-0.05, 0) is 56.1 Å². The molecule has 136 valence electrons. The van der Waals surface area contributed by atoms with Crippen LogP contribution in [0.25, 0.3) is 0 Å². The van der Waals surface area contributed by atoms with Gasteiger partial charge in [0.1, 0.15) is 0 Å². The summed E-state index contributed by atoms with van der Waals surface area (Å²) in [6, 6.07) is 8.20. The van der Waals surface area contributed by atoms with E-state index in [1.54, 1.807) is 0 Å². The lowest BCUT2D eigenvalue weighted by Crippen LogP contribution is -2.39. The molecule has 1 aliphatic carbocycles. The number of carbonyl (C=O) groups is 2. The first-order valence-electron chi connectivity index (χ1n) is 9.73. The lowest BCUT2D eigenvalue weighted by atomic mass is 9.81. The smallest absolute Gasteiger partial charge is 0.230 e. The molecule has 4 heteroatoms. The van der Waals surface area contributed by atoms with Crippen molar-refractivity contribution in [1.82, 2.24) is 5.32 Å². The molecule has 0 saturated heterocycles. The zero-order valence-corrected chi connectivity index (χ0v) is 15.5. The van der Waals surface area contributed by atoms with Crippen molar-refractivity contribution in [3.63, 3.8) is 0 Å². The number of rotatable bonds is 5. The minimum Gasteiger partial charge on any atom is -0.356 e. The van der Waals surface area contributed by atoms with Gasteiger partial charge in [0, 0.05) is 30.6 Å². The van der Waals surface area contributed by atoms with Crippen molar-refractivity contribution in [1.29, 1.82) is 0 Å². The topological polar surface area (TPSA) is 49.4 Å². The van der Waals surface area contributed by atoms with Gasteiger partial charge in [0.25, 0.3) is 0 Å². The van der Waals surface area contributed by atoms with Crippen LogP contribution in [-0.4, -0.2) is 24.9 Å². The van der Waals surface area contributed by atoms with E-state index in [4.69, 9.17) is 0 Å². The first kappa shape index (κ1) is 18.0. The first-order valence-corrected chi connectivity index (χ1v) is 9.73. The van der Waals surface area contributed by atoms with Crippen molar-refractivity contribution < 1.29 is 9.59 Å². The molecule has 4 nitrogen and oxygen atoms in total. The van der Waals surface area contributed by atoms with Gasteiger partial charge in [0.2, 0.25) is 11.8 Å². The van der Waals surface area contributed by atoms with Gasteiger partial charge in [0.05, 0.1) is 0 Å². The van der Waals surface area contributed by atoms with Crippen LogP contribution in [0.5, 0.6) is 0 Å². The Morgan fingerprint density at radius 1 is 1.12 bits per heavy atom. The van der Waals surface area contributed by atoms with Crippen LogP contribution < -0.4 is 10.2 Å². The molecule has 25 heavy (non-hydrogen) atoms. The molecule has 1 heterocycles. The molecule has 1 aromatic rings. The molecule has 1 aromatic carbocycles. The van der Waals surface area contributed by atoms with Gasteiger partial charge in [0.15, 0.2) is 0 Å². The number of hydrogen-bond donors (Lipinski definition) is 1. The van der Waals surface area contributed by atoms with Crippen molar-refractivity contribution in [3.8, 4) is 0 Å². The van der Waals surface area contributed by atoms with E-state index in [-0.39, 0.29) is 23.7 Å². The molecule has 2 amide bonds. The summed E-state index contributed by atoms with van der Waals surface area (Å²) in [5.41, 5.74) is 2.36. The zero-order valence-electron chi connectivity index (χ0n) is 15.5. The van der Waals surface area contributed by atoms with Crippen LogP contribution in [0, 0.1) is 17.8 Å². The first-order chi connectivity index (χ1) is 12.1. The second kappa shape index (κ2) is 8.03. The van der Waals surface area contributed by atoms with E-state index in [0.717, 1.165) is 57.3 Å². The van der Waals surface area contributed by atoms with Crippen LogP contribution >= 0.6 is 0 Å².